The lowest BCUT2D eigenvalue weighted by molar-refractivity contribution is 0.0116. The lowest BCUT2D eigenvalue weighted by Gasteiger charge is -2.33. The molecule has 118 valence electrons. The lowest BCUT2D eigenvalue weighted by atomic mass is 10.1. The van der Waals surface area contributed by atoms with E-state index < -0.39 is 0 Å². The van der Waals surface area contributed by atoms with Gasteiger partial charge in [-0.15, -0.1) is 0 Å². The van der Waals surface area contributed by atoms with Gasteiger partial charge >= 0.3 is 0 Å². The van der Waals surface area contributed by atoms with Crippen LogP contribution >= 0.6 is 0 Å². The fraction of sp³-hybridized carbons (Fsp3) is 0.444. The van der Waals surface area contributed by atoms with Crippen LogP contribution in [0.25, 0.3) is 0 Å². The van der Waals surface area contributed by atoms with Crippen LogP contribution in [0.4, 0.5) is 0 Å². The first-order valence-corrected chi connectivity index (χ1v) is 7.95. The van der Waals surface area contributed by atoms with Crippen molar-refractivity contribution in [3.63, 3.8) is 0 Å². The summed E-state index contributed by atoms with van der Waals surface area (Å²) >= 11 is 0. The van der Waals surface area contributed by atoms with Gasteiger partial charge in [0.2, 0.25) is 0 Å². The quantitative estimate of drug-likeness (QED) is 0.890. The maximum absolute atomic E-state index is 5.65. The maximum Gasteiger partial charge on any atom is 0.122 e. The van der Waals surface area contributed by atoms with Gasteiger partial charge in [0.25, 0.3) is 0 Å². The Balaban J connectivity index is 1.62. The molecular formula is C18H24N2O2. The van der Waals surface area contributed by atoms with Gasteiger partial charge in [-0.05, 0) is 30.2 Å². The van der Waals surface area contributed by atoms with E-state index in [9.17, 15) is 0 Å². The average molecular weight is 300 g/mol. The van der Waals surface area contributed by atoms with E-state index in [1.54, 1.807) is 6.26 Å². The van der Waals surface area contributed by atoms with E-state index >= 15 is 0 Å². The minimum absolute atomic E-state index is 0.267. The summed E-state index contributed by atoms with van der Waals surface area (Å²) in [5, 5.41) is 3.59. The molecule has 4 heteroatoms. The number of nitrogens with one attached hydrogen (secondary N) is 1. The number of hydrogen-bond donors (Lipinski definition) is 1. The van der Waals surface area contributed by atoms with E-state index in [0.717, 1.165) is 45.2 Å². The highest BCUT2D eigenvalue weighted by Crippen LogP contribution is 2.21. The lowest BCUT2D eigenvalue weighted by Crippen LogP contribution is -2.42. The van der Waals surface area contributed by atoms with E-state index in [1.807, 2.05) is 6.07 Å². The Morgan fingerprint density at radius 1 is 1.14 bits per heavy atom. The van der Waals surface area contributed by atoms with Crippen molar-refractivity contribution >= 4 is 0 Å². The predicted molar refractivity (Wildman–Crippen MR) is 86.7 cm³/mol. The molecule has 1 saturated heterocycles. The zero-order valence-corrected chi connectivity index (χ0v) is 13.1. The molecule has 4 nitrogen and oxygen atoms in total. The van der Waals surface area contributed by atoms with Crippen molar-refractivity contribution in [3.8, 4) is 0 Å². The molecule has 1 aromatic carbocycles. The van der Waals surface area contributed by atoms with Crippen LogP contribution < -0.4 is 5.32 Å². The van der Waals surface area contributed by atoms with Crippen molar-refractivity contribution in [2.45, 2.75) is 19.5 Å². The van der Waals surface area contributed by atoms with Gasteiger partial charge in [-0.3, -0.25) is 4.90 Å². The maximum atomic E-state index is 5.65. The third-order valence-electron chi connectivity index (χ3n) is 4.27. The minimum atomic E-state index is 0.267. The Labute approximate surface area is 132 Å². The summed E-state index contributed by atoms with van der Waals surface area (Å²) in [5.41, 5.74) is 2.68. The van der Waals surface area contributed by atoms with Crippen molar-refractivity contribution in [3.05, 3.63) is 59.5 Å². The Morgan fingerprint density at radius 2 is 1.95 bits per heavy atom. The van der Waals surface area contributed by atoms with Crippen LogP contribution in [-0.2, 0) is 11.3 Å². The van der Waals surface area contributed by atoms with Crippen LogP contribution in [0.2, 0.25) is 0 Å². The molecule has 2 heterocycles. The molecule has 22 heavy (non-hydrogen) atoms. The number of morpholine rings is 1. The molecule has 0 radical (unpaired) electrons. The highest BCUT2D eigenvalue weighted by Gasteiger charge is 2.24. The van der Waals surface area contributed by atoms with E-state index in [-0.39, 0.29) is 6.04 Å². The van der Waals surface area contributed by atoms with Crippen molar-refractivity contribution in [1.29, 1.82) is 0 Å². The van der Waals surface area contributed by atoms with Gasteiger partial charge in [-0.2, -0.15) is 0 Å². The molecule has 1 aromatic heterocycles. The minimum Gasteiger partial charge on any atom is -0.468 e. The van der Waals surface area contributed by atoms with Gasteiger partial charge in [-0.1, -0.05) is 24.3 Å². The molecule has 0 spiro atoms. The van der Waals surface area contributed by atoms with Crippen LogP contribution in [0.1, 0.15) is 22.9 Å². The van der Waals surface area contributed by atoms with E-state index in [1.165, 1.54) is 11.1 Å². The molecule has 1 atom stereocenters. The number of hydrogen-bond acceptors (Lipinski definition) is 4. The highest BCUT2D eigenvalue weighted by atomic mass is 16.5. The van der Waals surface area contributed by atoms with Gasteiger partial charge in [0, 0.05) is 26.2 Å². The summed E-state index contributed by atoms with van der Waals surface area (Å²) in [4.78, 5) is 2.44. The second-order valence-corrected chi connectivity index (χ2v) is 5.74. The number of benzene rings is 1. The first kappa shape index (κ1) is 15.3. The van der Waals surface area contributed by atoms with Crippen LogP contribution in [0, 0.1) is 6.92 Å². The zero-order chi connectivity index (χ0) is 15.2. The second-order valence-electron chi connectivity index (χ2n) is 5.74. The normalized spacial score (nSPS) is 17.5. The molecule has 0 bridgehead atoms. The third kappa shape index (κ3) is 3.77. The Bertz CT molecular complexity index is 562. The third-order valence-corrected chi connectivity index (χ3v) is 4.27. The summed E-state index contributed by atoms with van der Waals surface area (Å²) in [6.45, 7) is 7.43. The fourth-order valence-corrected chi connectivity index (χ4v) is 2.93. The van der Waals surface area contributed by atoms with Gasteiger partial charge in [0.15, 0.2) is 0 Å². The second kappa shape index (κ2) is 7.58. The van der Waals surface area contributed by atoms with Crippen molar-refractivity contribution < 1.29 is 9.15 Å². The van der Waals surface area contributed by atoms with E-state index in [0.29, 0.717) is 0 Å². The molecule has 1 unspecified atom stereocenters. The summed E-state index contributed by atoms with van der Waals surface area (Å²) in [7, 11) is 0. The molecule has 1 fully saturated rings. The number of aryl methyl sites for hydroxylation is 1. The van der Waals surface area contributed by atoms with Gasteiger partial charge < -0.3 is 14.5 Å². The first-order valence-electron chi connectivity index (χ1n) is 7.95. The van der Waals surface area contributed by atoms with Gasteiger partial charge in [-0.25, -0.2) is 0 Å². The Hall–Kier alpha value is -1.62. The molecule has 1 aliphatic heterocycles. The predicted octanol–water partition coefficient (Wildman–Crippen LogP) is 2.75. The molecule has 2 aromatic rings. The topological polar surface area (TPSA) is 37.6 Å². The van der Waals surface area contributed by atoms with Gasteiger partial charge in [0.05, 0.1) is 25.5 Å². The van der Waals surface area contributed by atoms with Crippen molar-refractivity contribution in [2.24, 2.45) is 0 Å². The standard InChI is InChI=1S/C18H24N2O2/c1-15-5-2-3-6-16(15)13-19-14-17(18-7-4-10-22-18)20-8-11-21-12-9-20/h2-7,10,17,19H,8-9,11-14H2,1H3. The molecular weight excluding hydrogens is 276 g/mol. The Morgan fingerprint density at radius 3 is 2.68 bits per heavy atom. The van der Waals surface area contributed by atoms with Crippen LogP contribution in [-0.4, -0.2) is 37.7 Å². The van der Waals surface area contributed by atoms with Crippen molar-refractivity contribution in [1.82, 2.24) is 10.2 Å². The summed E-state index contributed by atoms with van der Waals surface area (Å²) in [5.74, 6) is 1.03. The molecule has 0 amide bonds. The first-order chi connectivity index (χ1) is 10.8. The summed E-state index contributed by atoms with van der Waals surface area (Å²) < 4.78 is 11.1. The molecule has 0 saturated carbocycles. The molecule has 3 rings (SSSR count). The number of nitrogens with zero attached hydrogens (tertiary/aromatic N) is 1. The van der Waals surface area contributed by atoms with Crippen LogP contribution in [0.3, 0.4) is 0 Å². The van der Waals surface area contributed by atoms with Crippen molar-refractivity contribution in [2.75, 3.05) is 32.8 Å². The molecule has 1 aliphatic rings. The monoisotopic (exact) mass is 300 g/mol. The number of rotatable bonds is 6. The van der Waals surface area contributed by atoms with E-state index in [2.05, 4.69) is 47.5 Å². The molecule has 0 aliphatic carbocycles. The van der Waals surface area contributed by atoms with Crippen LogP contribution in [0.15, 0.2) is 47.1 Å². The smallest absolute Gasteiger partial charge is 0.122 e. The number of furan rings is 1. The van der Waals surface area contributed by atoms with Gasteiger partial charge in [0.1, 0.15) is 5.76 Å². The SMILES string of the molecule is Cc1ccccc1CNCC(c1ccco1)N1CCOCC1. The fourth-order valence-electron chi connectivity index (χ4n) is 2.93. The van der Waals surface area contributed by atoms with Crippen LogP contribution in [0.5, 0.6) is 0 Å². The summed E-state index contributed by atoms with van der Waals surface area (Å²) in [6.07, 6.45) is 1.75. The average Bonchev–Trinajstić information content (AvgIpc) is 3.08. The largest absolute Gasteiger partial charge is 0.468 e. The van der Waals surface area contributed by atoms with E-state index in [4.69, 9.17) is 9.15 Å². The Kier molecular flexibility index (Phi) is 5.27. The number of ether oxygens (including phenoxy) is 1. The summed E-state index contributed by atoms with van der Waals surface area (Å²) in [6, 6.07) is 12.8. The molecule has 1 N–H and O–H groups in total. The highest BCUT2D eigenvalue weighted by molar-refractivity contribution is 5.25. The zero-order valence-electron chi connectivity index (χ0n) is 13.1.